The second-order valence-electron chi connectivity index (χ2n) is 9.98. The highest BCUT2D eigenvalue weighted by Gasteiger charge is 2.36. The number of nitriles is 1. The van der Waals surface area contributed by atoms with Gasteiger partial charge in [0, 0.05) is 38.3 Å². The normalized spacial score (nSPS) is 25.7. The van der Waals surface area contributed by atoms with Gasteiger partial charge in [-0.05, 0) is 55.6 Å². The van der Waals surface area contributed by atoms with Crippen LogP contribution < -0.4 is 10.2 Å². The summed E-state index contributed by atoms with van der Waals surface area (Å²) in [6.45, 7) is 10.9. The molecule has 6 nitrogen and oxygen atoms in total. The van der Waals surface area contributed by atoms with Crippen LogP contribution in [0.15, 0.2) is 12.1 Å². The van der Waals surface area contributed by atoms with Gasteiger partial charge in [0.1, 0.15) is 11.8 Å². The lowest BCUT2D eigenvalue weighted by Crippen LogP contribution is -2.50. The minimum atomic E-state index is -0.171. The van der Waals surface area contributed by atoms with Gasteiger partial charge in [0.2, 0.25) is 0 Å². The lowest BCUT2D eigenvalue weighted by Gasteiger charge is -2.39. The lowest BCUT2D eigenvalue weighted by molar-refractivity contribution is 0.0946. The van der Waals surface area contributed by atoms with Gasteiger partial charge in [-0.15, -0.1) is 0 Å². The van der Waals surface area contributed by atoms with Crippen LogP contribution in [0.3, 0.4) is 0 Å². The first-order chi connectivity index (χ1) is 13.8. The van der Waals surface area contributed by atoms with Gasteiger partial charge in [0.25, 0.3) is 5.91 Å². The molecule has 3 fully saturated rings. The Morgan fingerprint density at radius 3 is 2.45 bits per heavy atom. The molecule has 1 saturated heterocycles. The Labute approximate surface area is 174 Å². The van der Waals surface area contributed by atoms with E-state index in [-0.39, 0.29) is 11.9 Å². The van der Waals surface area contributed by atoms with Gasteiger partial charge in [-0.1, -0.05) is 20.8 Å². The van der Waals surface area contributed by atoms with Crippen molar-refractivity contribution in [1.29, 1.82) is 5.26 Å². The minimum absolute atomic E-state index is 0.171. The van der Waals surface area contributed by atoms with Crippen LogP contribution in [0.5, 0.6) is 0 Å². The number of pyridine rings is 1. The van der Waals surface area contributed by atoms with E-state index in [2.05, 4.69) is 46.9 Å². The Balaban J connectivity index is 1.37. The molecule has 4 rings (SSSR count). The Bertz CT molecular complexity index is 796. The number of hydrogen-bond donors (Lipinski definition) is 1. The molecule has 1 aromatic heterocycles. The summed E-state index contributed by atoms with van der Waals surface area (Å²) in [7, 11) is 0. The molecule has 0 aromatic carbocycles. The molecular formula is C23H33N5O. The average Bonchev–Trinajstić information content (AvgIpc) is 3.37. The topological polar surface area (TPSA) is 72.3 Å². The highest BCUT2D eigenvalue weighted by molar-refractivity contribution is 5.93. The number of anilines is 1. The first kappa shape index (κ1) is 20.2. The van der Waals surface area contributed by atoms with Gasteiger partial charge >= 0.3 is 0 Å². The van der Waals surface area contributed by atoms with Crippen LogP contribution in [-0.4, -0.2) is 54.1 Å². The van der Waals surface area contributed by atoms with E-state index >= 15 is 0 Å². The van der Waals surface area contributed by atoms with Crippen molar-refractivity contribution < 1.29 is 4.79 Å². The quantitative estimate of drug-likeness (QED) is 0.848. The van der Waals surface area contributed by atoms with E-state index in [1.54, 1.807) is 6.07 Å². The number of piperazine rings is 1. The average molecular weight is 396 g/mol. The standard InChI is InChI=1S/C23H33N5O/c1-23(2,3)16-4-7-18(14-16)27-10-12-28(13-11-27)21-9-8-19(26-20(21)15-24)22(29)25-17-5-6-17/h8-9,16-18H,4-7,10-14H2,1-3H3,(H,25,29)/t16?,18-/m1/s1. The van der Waals surface area contributed by atoms with E-state index in [0.717, 1.165) is 50.6 Å². The monoisotopic (exact) mass is 395 g/mol. The molecule has 0 radical (unpaired) electrons. The summed E-state index contributed by atoms with van der Waals surface area (Å²) in [5, 5.41) is 12.5. The molecule has 2 atom stereocenters. The van der Waals surface area contributed by atoms with Gasteiger partial charge in [-0.25, -0.2) is 4.98 Å². The van der Waals surface area contributed by atoms with Crippen molar-refractivity contribution in [2.24, 2.45) is 11.3 Å². The number of carbonyl (C=O) groups is 1. The number of aromatic nitrogens is 1. The van der Waals surface area contributed by atoms with E-state index in [1.807, 2.05) is 6.07 Å². The van der Waals surface area contributed by atoms with Crippen molar-refractivity contribution in [2.75, 3.05) is 31.1 Å². The van der Waals surface area contributed by atoms with Gasteiger partial charge in [0.15, 0.2) is 5.69 Å². The molecule has 0 bridgehead atoms. The number of hydrogen-bond acceptors (Lipinski definition) is 5. The number of nitrogens with one attached hydrogen (secondary N) is 1. The second kappa shape index (κ2) is 7.95. The third-order valence-electron chi connectivity index (χ3n) is 6.93. The number of nitrogens with zero attached hydrogens (tertiary/aromatic N) is 4. The lowest BCUT2D eigenvalue weighted by atomic mass is 9.79. The smallest absolute Gasteiger partial charge is 0.270 e. The summed E-state index contributed by atoms with van der Waals surface area (Å²) in [5.74, 6) is 0.643. The first-order valence-electron chi connectivity index (χ1n) is 11.1. The number of carbonyl (C=O) groups excluding carboxylic acids is 1. The van der Waals surface area contributed by atoms with E-state index < -0.39 is 0 Å². The maximum atomic E-state index is 12.2. The fourth-order valence-corrected chi connectivity index (χ4v) is 4.81. The van der Waals surface area contributed by atoms with Crippen molar-refractivity contribution in [3.8, 4) is 6.07 Å². The molecule has 29 heavy (non-hydrogen) atoms. The molecule has 156 valence electrons. The van der Waals surface area contributed by atoms with E-state index in [1.165, 1.54) is 19.3 Å². The van der Waals surface area contributed by atoms with E-state index in [4.69, 9.17) is 0 Å². The van der Waals surface area contributed by atoms with Crippen LogP contribution >= 0.6 is 0 Å². The molecule has 3 aliphatic rings. The summed E-state index contributed by atoms with van der Waals surface area (Å²) >= 11 is 0. The molecule has 0 spiro atoms. The summed E-state index contributed by atoms with van der Waals surface area (Å²) in [5.41, 5.74) is 1.96. The van der Waals surface area contributed by atoms with Crippen molar-refractivity contribution in [1.82, 2.24) is 15.2 Å². The van der Waals surface area contributed by atoms with Crippen molar-refractivity contribution in [3.63, 3.8) is 0 Å². The highest BCUT2D eigenvalue weighted by Crippen LogP contribution is 2.41. The van der Waals surface area contributed by atoms with Crippen LogP contribution in [0.25, 0.3) is 0 Å². The van der Waals surface area contributed by atoms with Crippen LogP contribution in [-0.2, 0) is 0 Å². The fourth-order valence-electron chi connectivity index (χ4n) is 4.81. The molecule has 2 aliphatic carbocycles. The van der Waals surface area contributed by atoms with Crippen molar-refractivity contribution >= 4 is 11.6 Å². The Kier molecular flexibility index (Phi) is 5.52. The maximum absolute atomic E-state index is 12.2. The Morgan fingerprint density at radius 2 is 1.86 bits per heavy atom. The maximum Gasteiger partial charge on any atom is 0.270 e. The van der Waals surface area contributed by atoms with Crippen molar-refractivity contribution in [3.05, 3.63) is 23.5 Å². The molecule has 1 amide bonds. The molecule has 1 aromatic rings. The molecule has 1 aliphatic heterocycles. The zero-order valence-corrected chi connectivity index (χ0v) is 17.9. The molecule has 2 saturated carbocycles. The summed E-state index contributed by atoms with van der Waals surface area (Å²) in [6, 6.07) is 6.84. The Morgan fingerprint density at radius 1 is 1.14 bits per heavy atom. The fraction of sp³-hybridized carbons (Fsp3) is 0.696. The number of rotatable bonds is 4. The van der Waals surface area contributed by atoms with E-state index in [9.17, 15) is 10.1 Å². The highest BCUT2D eigenvalue weighted by atomic mass is 16.2. The first-order valence-corrected chi connectivity index (χ1v) is 11.1. The molecule has 2 heterocycles. The van der Waals surface area contributed by atoms with Crippen molar-refractivity contribution in [2.45, 2.75) is 65.0 Å². The summed E-state index contributed by atoms with van der Waals surface area (Å²) in [6.07, 6.45) is 6.02. The number of amides is 1. The van der Waals surface area contributed by atoms with Crippen LogP contribution in [0.2, 0.25) is 0 Å². The third kappa shape index (κ3) is 4.56. The molecular weight excluding hydrogens is 362 g/mol. The third-order valence-corrected chi connectivity index (χ3v) is 6.93. The Hall–Kier alpha value is -2.13. The zero-order valence-electron chi connectivity index (χ0n) is 17.9. The predicted molar refractivity (Wildman–Crippen MR) is 114 cm³/mol. The van der Waals surface area contributed by atoms with E-state index in [0.29, 0.717) is 22.8 Å². The van der Waals surface area contributed by atoms with Crippen LogP contribution in [0.4, 0.5) is 5.69 Å². The largest absolute Gasteiger partial charge is 0.367 e. The minimum Gasteiger partial charge on any atom is -0.367 e. The molecule has 1 N–H and O–H groups in total. The summed E-state index contributed by atoms with van der Waals surface area (Å²) in [4.78, 5) is 21.5. The zero-order chi connectivity index (χ0) is 20.6. The summed E-state index contributed by atoms with van der Waals surface area (Å²) < 4.78 is 0. The van der Waals surface area contributed by atoms with Gasteiger partial charge in [-0.3, -0.25) is 9.69 Å². The van der Waals surface area contributed by atoms with Gasteiger partial charge < -0.3 is 10.2 Å². The SMILES string of the molecule is CC(C)(C)C1CC[C@@H](N2CCN(c3ccc(C(=O)NC4CC4)nc3C#N)CC2)C1. The predicted octanol–water partition coefficient (Wildman–Crippen LogP) is 3.18. The molecule has 6 heteroatoms. The molecule has 1 unspecified atom stereocenters. The van der Waals surface area contributed by atoms with Gasteiger partial charge in [0.05, 0.1) is 5.69 Å². The van der Waals surface area contributed by atoms with Crippen LogP contribution in [0, 0.1) is 22.7 Å². The van der Waals surface area contributed by atoms with Gasteiger partial charge in [-0.2, -0.15) is 5.26 Å². The second-order valence-corrected chi connectivity index (χ2v) is 9.98. The van der Waals surface area contributed by atoms with Crippen LogP contribution in [0.1, 0.15) is 69.1 Å².